The van der Waals surface area contributed by atoms with Gasteiger partial charge in [-0.15, -0.1) is 0 Å². The van der Waals surface area contributed by atoms with E-state index < -0.39 is 12.1 Å². The van der Waals surface area contributed by atoms with Crippen molar-refractivity contribution in [2.75, 3.05) is 87.7 Å². The number of morpholine rings is 1. The molecule has 3 amide bonds. The Labute approximate surface area is 252 Å². The predicted octanol–water partition coefficient (Wildman–Crippen LogP) is -0.126. The van der Waals surface area contributed by atoms with Crippen LogP contribution in [0.2, 0.25) is 0 Å². The summed E-state index contributed by atoms with van der Waals surface area (Å²) in [6.45, 7) is 7.72. The van der Waals surface area contributed by atoms with Crippen molar-refractivity contribution < 1.29 is 27.9 Å². The number of rotatable bonds is 8. The molecular formula is C27H35F2N11O4. The topological polar surface area (TPSA) is 176 Å². The lowest BCUT2D eigenvalue weighted by molar-refractivity contribution is -0.135. The van der Waals surface area contributed by atoms with E-state index in [0.717, 1.165) is 0 Å². The van der Waals surface area contributed by atoms with Gasteiger partial charge in [0.15, 0.2) is 5.82 Å². The molecule has 0 aliphatic carbocycles. The highest BCUT2D eigenvalue weighted by molar-refractivity contribution is 5.88. The van der Waals surface area contributed by atoms with Gasteiger partial charge in [-0.3, -0.25) is 14.4 Å². The monoisotopic (exact) mass is 615 g/mol. The fourth-order valence-electron chi connectivity index (χ4n) is 5.33. The molecule has 3 aliphatic rings. The summed E-state index contributed by atoms with van der Waals surface area (Å²) in [5, 5.41) is 2.74. The number of nitrogen functional groups attached to an aromatic ring is 1. The zero-order valence-electron chi connectivity index (χ0n) is 24.2. The number of likely N-dealkylation sites (tertiary alicyclic amines) is 1. The lowest BCUT2D eigenvalue weighted by Gasteiger charge is -2.35. The molecule has 15 nitrogen and oxygen atoms in total. The number of ether oxygens (including phenoxy) is 1. The second-order valence-corrected chi connectivity index (χ2v) is 10.6. The first-order chi connectivity index (χ1) is 21.2. The van der Waals surface area contributed by atoms with Crippen molar-refractivity contribution in [2.24, 2.45) is 5.92 Å². The molecule has 44 heavy (non-hydrogen) atoms. The smallest absolute Gasteiger partial charge is 0.281 e. The Morgan fingerprint density at radius 3 is 2.20 bits per heavy atom. The number of carbonyl (C=O) groups is 3. The average Bonchev–Trinajstić information content (AvgIpc) is 3.07. The second kappa shape index (κ2) is 13.8. The Morgan fingerprint density at radius 2 is 1.59 bits per heavy atom. The standard InChI is InChI=1S/C27H35F2N11O4/c1-2-19(41)37-5-3-17(4-6-37)24(43)31-16-20(42)38-7-9-39(10-8-38)26-34-23(18-15-32-25(30)33-21(18)22(28)29)35-27(36-26)40-11-13-44-14-12-40/h2,15,17,22H,1,3-14,16H2,(H,31,43)(H2,30,32,33). The molecule has 17 heteroatoms. The van der Waals surface area contributed by atoms with E-state index in [4.69, 9.17) is 10.5 Å². The van der Waals surface area contributed by atoms with E-state index in [-0.39, 0.29) is 53.5 Å². The van der Waals surface area contributed by atoms with Crippen LogP contribution in [0.1, 0.15) is 25.0 Å². The fourth-order valence-corrected chi connectivity index (χ4v) is 5.33. The Bertz CT molecular complexity index is 1380. The van der Waals surface area contributed by atoms with Crippen molar-refractivity contribution in [1.29, 1.82) is 0 Å². The SMILES string of the molecule is C=CC(=O)N1CCC(C(=O)NCC(=O)N2CCN(c3nc(-c4cnc(N)nc4C(F)F)nc(N4CCOCC4)n3)CC2)CC1. The van der Waals surface area contributed by atoms with E-state index in [0.29, 0.717) is 84.4 Å². The highest BCUT2D eigenvalue weighted by Gasteiger charge is 2.29. The maximum absolute atomic E-state index is 13.9. The quantitative estimate of drug-likeness (QED) is 0.377. The number of piperazine rings is 1. The number of amides is 3. The van der Waals surface area contributed by atoms with Crippen LogP contribution in [0, 0.1) is 5.92 Å². The maximum atomic E-state index is 13.9. The van der Waals surface area contributed by atoms with Crippen LogP contribution in [0.25, 0.3) is 11.4 Å². The number of hydrogen-bond donors (Lipinski definition) is 2. The summed E-state index contributed by atoms with van der Waals surface area (Å²) in [5.41, 5.74) is 4.94. The van der Waals surface area contributed by atoms with Gasteiger partial charge in [0.2, 0.25) is 35.6 Å². The summed E-state index contributed by atoms with van der Waals surface area (Å²) in [4.78, 5) is 65.6. The molecule has 0 aromatic carbocycles. The minimum atomic E-state index is -2.92. The zero-order chi connectivity index (χ0) is 31.2. The van der Waals surface area contributed by atoms with Crippen LogP contribution in [0.15, 0.2) is 18.9 Å². The van der Waals surface area contributed by atoms with Gasteiger partial charge in [-0.2, -0.15) is 15.0 Å². The predicted molar refractivity (Wildman–Crippen MR) is 155 cm³/mol. The largest absolute Gasteiger partial charge is 0.378 e. The number of nitrogens with two attached hydrogens (primary N) is 1. The van der Waals surface area contributed by atoms with E-state index in [1.165, 1.54) is 12.3 Å². The third-order valence-electron chi connectivity index (χ3n) is 7.87. The molecule has 3 saturated heterocycles. The molecule has 3 fully saturated rings. The number of anilines is 3. The van der Waals surface area contributed by atoms with Gasteiger partial charge in [0, 0.05) is 64.5 Å². The number of halogens is 2. The van der Waals surface area contributed by atoms with Gasteiger partial charge in [0.25, 0.3) is 6.43 Å². The van der Waals surface area contributed by atoms with E-state index in [1.54, 1.807) is 9.80 Å². The van der Waals surface area contributed by atoms with Crippen LogP contribution in [-0.4, -0.2) is 125 Å². The normalized spacial score (nSPS) is 18.0. The summed E-state index contributed by atoms with van der Waals surface area (Å²) in [6.07, 6.45) is 0.576. The third-order valence-corrected chi connectivity index (χ3v) is 7.87. The molecule has 3 N–H and O–H groups in total. The van der Waals surface area contributed by atoms with Crippen LogP contribution in [-0.2, 0) is 19.1 Å². The molecule has 0 radical (unpaired) electrons. The molecule has 5 rings (SSSR count). The summed E-state index contributed by atoms with van der Waals surface area (Å²) < 4.78 is 33.2. The number of piperidine rings is 1. The van der Waals surface area contributed by atoms with E-state index in [2.05, 4.69) is 36.8 Å². The van der Waals surface area contributed by atoms with Crippen molar-refractivity contribution in [3.8, 4) is 11.4 Å². The summed E-state index contributed by atoms with van der Waals surface area (Å²) >= 11 is 0. The molecule has 3 aliphatic heterocycles. The molecule has 0 spiro atoms. The van der Waals surface area contributed by atoms with Crippen LogP contribution in [0.3, 0.4) is 0 Å². The number of alkyl halides is 2. The van der Waals surface area contributed by atoms with Crippen molar-refractivity contribution in [3.05, 3.63) is 24.5 Å². The molecular weight excluding hydrogens is 580 g/mol. The van der Waals surface area contributed by atoms with Crippen molar-refractivity contribution >= 4 is 35.6 Å². The van der Waals surface area contributed by atoms with E-state index in [9.17, 15) is 23.2 Å². The summed E-state index contributed by atoms with van der Waals surface area (Å²) in [6, 6.07) is 0. The highest BCUT2D eigenvalue weighted by Crippen LogP contribution is 2.30. The Morgan fingerprint density at radius 1 is 0.955 bits per heavy atom. The van der Waals surface area contributed by atoms with Crippen molar-refractivity contribution in [1.82, 2.24) is 40.0 Å². The molecule has 0 atom stereocenters. The Balaban J connectivity index is 1.23. The van der Waals surface area contributed by atoms with Crippen LogP contribution in [0.4, 0.5) is 26.6 Å². The maximum Gasteiger partial charge on any atom is 0.281 e. The number of carbonyl (C=O) groups excluding carboxylic acids is 3. The molecule has 5 heterocycles. The van der Waals surface area contributed by atoms with Gasteiger partial charge in [-0.25, -0.2) is 18.7 Å². The van der Waals surface area contributed by atoms with Crippen LogP contribution in [0.5, 0.6) is 0 Å². The second-order valence-electron chi connectivity index (χ2n) is 10.6. The Kier molecular flexibility index (Phi) is 9.72. The lowest BCUT2D eigenvalue weighted by atomic mass is 9.96. The Hall–Kier alpha value is -4.54. The average molecular weight is 616 g/mol. The van der Waals surface area contributed by atoms with Gasteiger partial charge in [-0.1, -0.05) is 6.58 Å². The van der Waals surface area contributed by atoms with Crippen LogP contribution < -0.4 is 20.9 Å². The number of aromatic nitrogens is 5. The van der Waals surface area contributed by atoms with E-state index in [1.807, 2.05) is 9.80 Å². The first-order valence-corrected chi connectivity index (χ1v) is 14.4. The zero-order valence-corrected chi connectivity index (χ0v) is 24.2. The molecule has 0 saturated carbocycles. The van der Waals surface area contributed by atoms with Crippen molar-refractivity contribution in [3.63, 3.8) is 0 Å². The van der Waals surface area contributed by atoms with E-state index >= 15 is 0 Å². The minimum Gasteiger partial charge on any atom is -0.378 e. The number of nitrogens with one attached hydrogen (secondary N) is 1. The van der Waals surface area contributed by atoms with Gasteiger partial charge >= 0.3 is 0 Å². The van der Waals surface area contributed by atoms with Crippen LogP contribution >= 0.6 is 0 Å². The molecule has 0 unspecified atom stereocenters. The fraction of sp³-hybridized carbons (Fsp3) is 0.556. The molecule has 0 bridgehead atoms. The van der Waals surface area contributed by atoms with Gasteiger partial charge in [-0.05, 0) is 18.9 Å². The van der Waals surface area contributed by atoms with Gasteiger partial charge < -0.3 is 35.4 Å². The molecule has 2 aromatic heterocycles. The lowest BCUT2D eigenvalue weighted by Crippen LogP contribution is -2.52. The highest BCUT2D eigenvalue weighted by atomic mass is 19.3. The van der Waals surface area contributed by atoms with Gasteiger partial charge in [0.05, 0.1) is 25.3 Å². The molecule has 2 aromatic rings. The molecule has 236 valence electrons. The third kappa shape index (κ3) is 7.15. The van der Waals surface area contributed by atoms with Gasteiger partial charge in [0.1, 0.15) is 5.69 Å². The number of nitrogens with zero attached hydrogens (tertiary/aromatic N) is 9. The number of hydrogen-bond acceptors (Lipinski definition) is 12. The summed E-state index contributed by atoms with van der Waals surface area (Å²) in [7, 11) is 0. The summed E-state index contributed by atoms with van der Waals surface area (Å²) in [5.74, 6) is -0.539. The minimum absolute atomic E-state index is 0.00676. The first kappa shape index (κ1) is 30.9. The first-order valence-electron chi connectivity index (χ1n) is 14.4. The van der Waals surface area contributed by atoms with Crippen molar-refractivity contribution in [2.45, 2.75) is 19.3 Å².